The highest BCUT2D eigenvalue weighted by atomic mass is 79.9. The Morgan fingerprint density at radius 3 is 2.94 bits per heavy atom. The Kier molecular flexibility index (Phi) is 3.64. The summed E-state index contributed by atoms with van der Waals surface area (Å²) in [5.41, 5.74) is 0.781. The smallest absolute Gasteiger partial charge is 0.254 e. The number of hydrogen-bond donors (Lipinski definition) is 0. The largest absolute Gasteiger partial charge is 0.336 e. The van der Waals surface area contributed by atoms with Crippen LogP contribution in [0, 0.1) is 0 Å². The van der Waals surface area contributed by atoms with E-state index in [0.717, 1.165) is 29.4 Å². The van der Waals surface area contributed by atoms with E-state index in [-0.39, 0.29) is 5.91 Å². The Bertz CT molecular complexity index is 391. The van der Waals surface area contributed by atoms with Crippen molar-refractivity contribution in [2.45, 2.75) is 32.2 Å². The molecule has 2 nitrogen and oxygen atoms in total. The average molecular weight is 282 g/mol. The number of halogens is 1. The molecule has 0 aromatic heterocycles. The summed E-state index contributed by atoms with van der Waals surface area (Å²) in [5, 5.41) is 0. The average Bonchev–Trinajstić information content (AvgIpc) is 2.29. The van der Waals surface area contributed by atoms with Crippen molar-refractivity contribution >= 4 is 21.8 Å². The first-order valence-electron chi connectivity index (χ1n) is 5.75. The van der Waals surface area contributed by atoms with Crippen molar-refractivity contribution in [1.29, 1.82) is 0 Å². The molecule has 0 saturated carbocycles. The summed E-state index contributed by atoms with van der Waals surface area (Å²) >= 11 is 3.40. The van der Waals surface area contributed by atoms with Crippen LogP contribution in [0.3, 0.4) is 0 Å². The van der Waals surface area contributed by atoms with Crippen LogP contribution in [0.2, 0.25) is 0 Å². The van der Waals surface area contributed by atoms with Gasteiger partial charge in [-0.1, -0.05) is 22.0 Å². The molecule has 1 heterocycles. The summed E-state index contributed by atoms with van der Waals surface area (Å²) in [6, 6.07) is 8.00. The fourth-order valence-electron chi connectivity index (χ4n) is 2.19. The van der Waals surface area contributed by atoms with E-state index in [2.05, 4.69) is 22.9 Å². The fourth-order valence-corrected chi connectivity index (χ4v) is 2.59. The molecule has 1 amide bonds. The van der Waals surface area contributed by atoms with E-state index >= 15 is 0 Å². The lowest BCUT2D eigenvalue weighted by molar-refractivity contribution is 0.0635. The van der Waals surface area contributed by atoms with Crippen LogP contribution in [0.4, 0.5) is 0 Å². The van der Waals surface area contributed by atoms with Crippen LogP contribution in [0.15, 0.2) is 28.7 Å². The number of rotatable bonds is 1. The second-order valence-corrected chi connectivity index (χ2v) is 5.27. The molecule has 1 aromatic rings. The topological polar surface area (TPSA) is 20.3 Å². The number of carbonyl (C=O) groups is 1. The van der Waals surface area contributed by atoms with Crippen LogP contribution in [0.5, 0.6) is 0 Å². The van der Waals surface area contributed by atoms with Crippen molar-refractivity contribution in [3.63, 3.8) is 0 Å². The van der Waals surface area contributed by atoms with Crippen molar-refractivity contribution in [1.82, 2.24) is 4.90 Å². The maximum Gasteiger partial charge on any atom is 0.254 e. The number of piperidine rings is 1. The second kappa shape index (κ2) is 5.00. The number of likely N-dealkylation sites (tertiary alicyclic amines) is 1. The van der Waals surface area contributed by atoms with Crippen molar-refractivity contribution < 1.29 is 4.79 Å². The molecule has 86 valence electrons. The fraction of sp³-hybridized carbons (Fsp3) is 0.462. The van der Waals surface area contributed by atoms with E-state index in [9.17, 15) is 4.79 Å². The summed E-state index contributed by atoms with van der Waals surface area (Å²) in [7, 11) is 0. The third-order valence-electron chi connectivity index (χ3n) is 3.14. The lowest BCUT2D eigenvalue weighted by Crippen LogP contribution is -2.42. The van der Waals surface area contributed by atoms with Crippen LogP contribution >= 0.6 is 15.9 Å². The van der Waals surface area contributed by atoms with Crippen molar-refractivity contribution in [3.05, 3.63) is 34.3 Å². The van der Waals surface area contributed by atoms with Gasteiger partial charge in [0.25, 0.3) is 5.91 Å². The molecule has 1 aliphatic rings. The van der Waals surface area contributed by atoms with Crippen molar-refractivity contribution in [2.24, 2.45) is 0 Å². The van der Waals surface area contributed by atoms with E-state index < -0.39 is 0 Å². The molecule has 1 unspecified atom stereocenters. The normalized spacial score (nSPS) is 20.9. The van der Waals surface area contributed by atoms with E-state index in [0.29, 0.717) is 6.04 Å². The maximum atomic E-state index is 12.3. The van der Waals surface area contributed by atoms with Gasteiger partial charge in [0.2, 0.25) is 0 Å². The zero-order valence-corrected chi connectivity index (χ0v) is 11.0. The van der Waals surface area contributed by atoms with Gasteiger partial charge in [0.1, 0.15) is 0 Å². The Labute approximate surface area is 105 Å². The molecule has 1 fully saturated rings. The standard InChI is InChI=1S/C13H16BrNO/c1-10-5-2-3-8-15(10)13(16)11-6-4-7-12(14)9-11/h4,6-7,9-10H,2-3,5,8H2,1H3. The molecule has 2 rings (SSSR count). The van der Waals surface area contributed by atoms with Gasteiger partial charge in [-0.25, -0.2) is 0 Å². The van der Waals surface area contributed by atoms with Gasteiger partial charge in [-0.2, -0.15) is 0 Å². The molecule has 1 aliphatic heterocycles. The molecule has 0 bridgehead atoms. The molecule has 0 radical (unpaired) electrons. The van der Waals surface area contributed by atoms with Crippen LogP contribution in [-0.2, 0) is 0 Å². The van der Waals surface area contributed by atoms with E-state index in [4.69, 9.17) is 0 Å². The maximum absolute atomic E-state index is 12.3. The third kappa shape index (κ3) is 2.46. The summed E-state index contributed by atoms with van der Waals surface area (Å²) in [5.74, 6) is 0.161. The Morgan fingerprint density at radius 1 is 1.44 bits per heavy atom. The van der Waals surface area contributed by atoms with Crippen molar-refractivity contribution in [2.75, 3.05) is 6.54 Å². The molecular formula is C13H16BrNO. The summed E-state index contributed by atoms with van der Waals surface area (Å²) in [6.45, 7) is 3.03. The molecule has 1 aromatic carbocycles. The SMILES string of the molecule is CC1CCCCN1C(=O)c1cccc(Br)c1. The third-order valence-corrected chi connectivity index (χ3v) is 3.63. The molecular weight excluding hydrogens is 266 g/mol. The number of nitrogens with zero attached hydrogens (tertiary/aromatic N) is 1. The van der Waals surface area contributed by atoms with Gasteiger partial charge < -0.3 is 4.90 Å². The van der Waals surface area contributed by atoms with Gasteiger partial charge in [-0.3, -0.25) is 4.79 Å². The molecule has 16 heavy (non-hydrogen) atoms. The number of amides is 1. The van der Waals surface area contributed by atoms with Crippen LogP contribution in [0.1, 0.15) is 36.5 Å². The molecule has 0 aliphatic carbocycles. The van der Waals surface area contributed by atoms with Crippen LogP contribution in [0.25, 0.3) is 0 Å². The van der Waals surface area contributed by atoms with Gasteiger partial charge in [0.15, 0.2) is 0 Å². The minimum atomic E-state index is 0.161. The van der Waals surface area contributed by atoms with Gasteiger partial charge in [0.05, 0.1) is 0 Å². The highest BCUT2D eigenvalue weighted by molar-refractivity contribution is 9.10. The predicted molar refractivity (Wildman–Crippen MR) is 68.5 cm³/mol. The van der Waals surface area contributed by atoms with Crippen LogP contribution in [-0.4, -0.2) is 23.4 Å². The summed E-state index contributed by atoms with van der Waals surface area (Å²) in [6.07, 6.45) is 3.49. The molecule has 0 N–H and O–H groups in total. The molecule has 3 heteroatoms. The van der Waals surface area contributed by atoms with Crippen molar-refractivity contribution in [3.8, 4) is 0 Å². The van der Waals surface area contributed by atoms with E-state index in [1.54, 1.807) is 0 Å². The second-order valence-electron chi connectivity index (χ2n) is 4.35. The van der Waals surface area contributed by atoms with Crippen LogP contribution < -0.4 is 0 Å². The van der Waals surface area contributed by atoms with E-state index in [1.165, 1.54) is 6.42 Å². The minimum absolute atomic E-state index is 0.161. The van der Waals surface area contributed by atoms with Gasteiger partial charge >= 0.3 is 0 Å². The predicted octanol–water partition coefficient (Wildman–Crippen LogP) is 3.46. The first kappa shape index (κ1) is 11.6. The minimum Gasteiger partial charge on any atom is -0.336 e. The monoisotopic (exact) mass is 281 g/mol. The van der Waals surface area contributed by atoms with E-state index in [1.807, 2.05) is 29.2 Å². The lowest BCUT2D eigenvalue weighted by Gasteiger charge is -2.33. The zero-order chi connectivity index (χ0) is 11.5. The van der Waals surface area contributed by atoms with Gasteiger partial charge in [-0.05, 0) is 44.4 Å². The molecule has 0 spiro atoms. The first-order chi connectivity index (χ1) is 7.68. The molecule has 1 saturated heterocycles. The Balaban J connectivity index is 2.17. The van der Waals surface area contributed by atoms with Gasteiger partial charge in [-0.15, -0.1) is 0 Å². The Morgan fingerprint density at radius 2 is 2.25 bits per heavy atom. The Hall–Kier alpha value is -0.830. The highest BCUT2D eigenvalue weighted by Gasteiger charge is 2.23. The zero-order valence-electron chi connectivity index (χ0n) is 9.45. The molecule has 1 atom stereocenters. The number of carbonyl (C=O) groups excluding carboxylic acids is 1. The quantitative estimate of drug-likeness (QED) is 0.772. The highest BCUT2D eigenvalue weighted by Crippen LogP contribution is 2.20. The summed E-state index contributed by atoms with van der Waals surface area (Å²) in [4.78, 5) is 14.3. The lowest BCUT2D eigenvalue weighted by atomic mass is 10.0. The number of benzene rings is 1. The number of hydrogen-bond acceptors (Lipinski definition) is 1. The summed E-state index contributed by atoms with van der Waals surface area (Å²) < 4.78 is 0.961. The first-order valence-corrected chi connectivity index (χ1v) is 6.54. The van der Waals surface area contributed by atoms with Gasteiger partial charge in [0, 0.05) is 22.6 Å².